The summed E-state index contributed by atoms with van der Waals surface area (Å²) in [7, 11) is 3.49. The van der Waals surface area contributed by atoms with Crippen molar-refractivity contribution in [1.82, 2.24) is 25.3 Å². The lowest BCUT2D eigenvalue weighted by atomic mass is 10.1. The number of likely N-dealkylation sites (N-methyl/N-ethyl adjacent to an activating group) is 1. The minimum Gasteiger partial charge on any atom is -0.350 e. The first-order chi connectivity index (χ1) is 14.0. The SMILES string of the molecule is CC(NC(=NCc1ccn(C2CCCC2)n1)NCC(=O)N(C)C)c1ccccc1. The van der Waals surface area contributed by atoms with Gasteiger partial charge in [-0.15, -0.1) is 0 Å². The minimum absolute atomic E-state index is 0.00243. The summed E-state index contributed by atoms with van der Waals surface area (Å²) in [4.78, 5) is 18.2. The fourth-order valence-electron chi connectivity index (χ4n) is 3.49. The van der Waals surface area contributed by atoms with E-state index < -0.39 is 0 Å². The van der Waals surface area contributed by atoms with Crippen LogP contribution in [-0.2, 0) is 11.3 Å². The van der Waals surface area contributed by atoms with Crippen LogP contribution >= 0.6 is 0 Å². The van der Waals surface area contributed by atoms with Crippen molar-refractivity contribution < 1.29 is 4.79 Å². The molecular formula is C22H32N6O. The molecule has 0 aliphatic heterocycles. The van der Waals surface area contributed by atoms with Gasteiger partial charge in [-0.2, -0.15) is 5.10 Å². The summed E-state index contributed by atoms with van der Waals surface area (Å²) in [6, 6.07) is 12.8. The highest BCUT2D eigenvalue weighted by Crippen LogP contribution is 2.28. The van der Waals surface area contributed by atoms with Gasteiger partial charge in [0, 0.05) is 20.3 Å². The summed E-state index contributed by atoms with van der Waals surface area (Å²) < 4.78 is 2.08. The molecule has 1 atom stereocenters. The molecule has 0 spiro atoms. The molecule has 1 saturated carbocycles. The van der Waals surface area contributed by atoms with Gasteiger partial charge in [-0.3, -0.25) is 9.48 Å². The maximum Gasteiger partial charge on any atom is 0.241 e. The molecular weight excluding hydrogens is 364 g/mol. The Bertz CT molecular complexity index is 808. The zero-order valence-corrected chi connectivity index (χ0v) is 17.6. The molecule has 1 amide bonds. The molecule has 156 valence electrons. The number of carbonyl (C=O) groups excluding carboxylic acids is 1. The van der Waals surface area contributed by atoms with Crippen molar-refractivity contribution in [3.05, 3.63) is 53.9 Å². The van der Waals surface area contributed by atoms with Crippen LogP contribution in [0.2, 0.25) is 0 Å². The van der Waals surface area contributed by atoms with Crippen LogP contribution < -0.4 is 10.6 Å². The van der Waals surface area contributed by atoms with Gasteiger partial charge in [0.15, 0.2) is 5.96 Å². The van der Waals surface area contributed by atoms with Gasteiger partial charge in [0.25, 0.3) is 0 Å². The lowest BCUT2D eigenvalue weighted by molar-refractivity contribution is -0.127. The van der Waals surface area contributed by atoms with Crippen LogP contribution in [0.4, 0.5) is 0 Å². The van der Waals surface area contributed by atoms with Crippen LogP contribution in [0.15, 0.2) is 47.6 Å². The highest BCUT2D eigenvalue weighted by Gasteiger charge is 2.17. The number of nitrogens with zero attached hydrogens (tertiary/aromatic N) is 4. The Morgan fingerprint density at radius 2 is 1.97 bits per heavy atom. The average molecular weight is 397 g/mol. The number of carbonyl (C=O) groups is 1. The Hall–Kier alpha value is -2.83. The predicted molar refractivity (Wildman–Crippen MR) is 116 cm³/mol. The first-order valence-corrected chi connectivity index (χ1v) is 10.4. The Balaban J connectivity index is 1.66. The van der Waals surface area contributed by atoms with E-state index in [4.69, 9.17) is 5.10 Å². The number of aliphatic imine (C=N–C) groups is 1. The molecule has 1 unspecified atom stereocenters. The van der Waals surface area contributed by atoms with E-state index in [2.05, 4.69) is 45.6 Å². The number of aromatic nitrogens is 2. The summed E-state index contributed by atoms with van der Waals surface area (Å²) in [6.07, 6.45) is 7.05. The number of nitrogens with one attached hydrogen (secondary N) is 2. The Labute approximate surface area is 173 Å². The molecule has 7 nitrogen and oxygen atoms in total. The van der Waals surface area contributed by atoms with Gasteiger partial charge in [-0.05, 0) is 31.4 Å². The normalized spacial score (nSPS) is 15.9. The van der Waals surface area contributed by atoms with Gasteiger partial charge < -0.3 is 15.5 Å². The summed E-state index contributed by atoms with van der Waals surface area (Å²) in [6.45, 7) is 2.73. The van der Waals surface area contributed by atoms with Crippen molar-refractivity contribution in [3.8, 4) is 0 Å². The van der Waals surface area contributed by atoms with E-state index in [0.29, 0.717) is 18.5 Å². The number of hydrogen-bond acceptors (Lipinski definition) is 3. The second-order valence-electron chi connectivity index (χ2n) is 7.81. The minimum atomic E-state index is -0.00243. The number of hydrogen-bond donors (Lipinski definition) is 2. The van der Waals surface area contributed by atoms with E-state index >= 15 is 0 Å². The van der Waals surface area contributed by atoms with Crippen molar-refractivity contribution in [2.75, 3.05) is 20.6 Å². The van der Waals surface area contributed by atoms with Crippen LogP contribution in [0.1, 0.15) is 55.9 Å². The monoisotopic (exact) mass is 396 g/mol. The molecule has 1 aliphatic carbocycles. The van der Waals surface area contributed by atoms with Gasteiger partial charge >= 0.3 is 0 Å². The topological polar surface area (TPSA) is 74.5 Å². The molecule has 1 fully saturated rings. The Morgan fingerprint density at radius 3 is 2.66 bits per heavy atom. The van der Waals surface area contributed by atoms with Crippen molar-refractivity contribution in [2.45, 2.75) is 51.2 Å². The highest BCUT2D eigenvalue weighted by atomic mass is 16.2. The third-order valence-electron chi connectivity index (χ3n) is 5.32. The van der Waals surface area contributed by atoms with E-state index in [1.807, 2.05) is 24.3 Å². The molecule has 0 bridgehead atoms. The van der Waals surface area contributed by atoms with Crippen molar-refractivity contribution in [2.24, 2.45) is 4.99 Å². The molecule has 0 saturated heterocycles. The summed E-state index contributed by atoms with van der Waals surface area (Å²) in [5, 5.41) is 11.2. The number of amides is 1. The standard InChI is InChI=1S/C22H32N6O/c1-17(18-9-5-4-6-10-18)25-22(24-16-21(29)27(2)3)23-15-19-13-14-28(26-19)20-11-7-8-12-20/h4-6,9-10,13-14,17,20H,7-8,11-12,15-16H2,1-3H3,(H2,23,24,25). The second-order valence-corrected chi connectivity index (χ2v) is 7.81. The predicted octanol–water partition coefficient (Wildman–Crippen LogP) is 2.88. The highest BCUT2D eigenvalue weighted by molar-refractivity contribution is 5.86. The zero-order valence-electron chi connectivity index (χ0n) is 17.6. The first kappa shape index (κ1) is 20.9. The first-order valence-electron chi connectivity index (χ1n) is 10.4. The lowest BCUT2D eigenvalue weighted by Gasteiger charge is -2.19. The Morgan fingerprint density at radius 1 is 1.24 bits per heavy atom. The van der Waals surface area contributed by atoms with Crippen molar-refractivity contribution in [3.63, 3.8) is 0 Å². The maximum absolute atomic E-state index is 12.0. The molecule has 3 rings (SSSR count). The zero-order chi connectivity index (χ0) is 20.6. The van der Waals surface area contributed by atoms with E-state index in [9.17, 15) is 4.79 Å². The quantitative estimate of drug-likeness (QED) is 0.557. The van der Waals surface area contributed by atoms with E-state index in [-0.39, 0.29) is 18.5 Å². The molecule has 2 N–H and O–H groups in total. The molecule has 1 aliphatic rings. The summed E-state index contributed by atoms with van der Waals surface area (Å²) in [5.74, 6) is 0.601. The van der Waals surface area contributed by atoms with Crippen LogP contribution in [-0.4, -0.2) is 47.2 Å². The van der Waals surface area contributed by atoms with Crippen molar-refractivity contribution in [1.29, 1.82) is 0 Å². The number of rotatable bonds is 7. The second kappa shape index (κ2) is 10.1. The van der Waals surface area contributed by atoms with Crippen LogP contribution in [0.3, 0.4) is 0 Å². The van der Waals surface area contributed by atoms with Crippen LogP contribution in [0.25, 0.3) is 0 Å². The third-order valence-corrected chi connectivity index (χ3v) is 5.32. The third kappa shape index (κ3) is 6.07. The number of guanidine groups is 1. The molecule has 1 aromatic heterocycles. The van der Waals surface area contributed by atoms with Gasteiger partial charge in [0.1, 0.15) is 0 Å². The Kier molecular flexibility index (Phi) is 7.27. The molecule has 1 heterocycles. The van der Waals surface area contributed by atoms with Crippen LogP contribution in [0, 0.1) is 0 Å². The number of benzene rings is 1. The van der Waals surface area contributed by atoms with E-state index in [1.54, 1.807) is 19.0 Å². The van der Waals surface area contributed by atoms with Crippen molar-refractivity contribution >= 4 is 11.9 Å². The maximum atomic E-state index is 12.0. The smallest absolute Gasteiger partial charge is 0.241 e. The molecule has 7 heteroatoms. The molecule has 1 aromatic carbocycles. The molecule has 2 aromatic rings. The molecule has 0 radical (unpaired) electrons. The fourth-order valence-corrected chi connectivity index (χ4v) is 3.49. The van der Waals surface area contributed by atoms with Gasteiger partial charge in [0.05, 0.1) is 30.9 Å². The average Bonchev–Trinajstić information content (AvgIpc) is 3.41. The summed E-state index contributed by atoms with van der Waals surface area (Å²) in [5.41, 5.74) is 2.09. The van der Waals surface area contributed by atoms with E-state index in [1.165, 1.54) is 25.7 Å². The lowest BCUT2D eigenvalue weighted by Crippen LogP contribution is -2.43. The van der Waals surface area contributed by atoms with Gasteiger partial charge in [0.2, 0.25) is 5.91 Å². The van der Waals surface area contributed by atoms with Gasteiger partial charge in [-0.1, -0.05) is 43.2 Å². The molecule has 29 heavy (non-hydrogen) atoms. The van der Waals surface area contributed by atoms with E-state index in [0.717, 1.165) is 11.3 Å². The van der Waals surface area contributed by atoms with Gasteiger partial charge in [-0.25, -0.2) is 4.99 Å². The summed E-state index contributed by atoms with van der Waals surface area (Å²) >= 11 is 0. The van der Waals surface area contributed by atoms with Crippen LogP contribution in [0.5, 0.6) is 0 Å². The fraction of sp³-hybridized carbons (Fsp3) is 0.500. The largest absolute Gasteiger partial charge is 0.350 e.